The number of sulfone groups is 1. The lowest BCUT2D eigenvalue weighted by Gasteiger charge is -2.12. The first-order valence-corrected chi connectivity index (χ1v) is 8.66. The summed E-state index contributed by atoms with van der Waals surface area (Å²) >= 11 is 0. The molecule has 0 saturated carbocycles. The topological polar surface area (TPSA) is 102 Å². The Hall–Kier alpha value is -2.09. The third kappa shape index (κ3) is 4.45. The van der Waals surface area contributed by atoms with Gasteiger partial charge in [-0.3, -0.25) is 9.59 Å². The zero-order chi connectivity index (χ0) is 16.2. The van der Waals surface area contributed by atoms with E-state index in [1.54, 1.807) is 18.2 Å². The van der Waals surface area contributed by atoms with Crippen molar-refractivity contribution in [3.8, 4) is 5.75 Å². The predicted molar refractivity (Wildman–Crippen MR) is 80.5 cm³/mol. The standard InChI is InChI=1S/C14H18N2O5S/c1-15-14(18)10-3-2-4-12(7-10)21-8-13(17)16-11-5-6-22(19,20)9-11/h2-4,7,11H,5-6,8-9H2,1H3,(H,15,18)(H,16,17). The molecule has 1 aromatic carbocycles. The average molecular weight is 326 g/mol. The van der Waals surface area contributed by atoms with Gasteiger partial charge >= 0.3 is 0 Å². The first-order chi connectivity index (χ1) is 10.4. The number of benzene rings is 1. The Morgan fingerprint density at radius 2 is 2.14 bits per heavy atom. The van der Waals surface area contributed by atoms with Gasteiger partial charge in [-0.25, -0.2) is 8.42 Å². The number of amides is 2. The van der Waals surface area contributed by atoms with Crippen LogP contribution in [-0.4, -0.2) is 51.4 Å². The second-order valence-electron chi connectivity index (χ2n) is 5.06. The fraction of sp³-hybridized carbons (Fsp3) is 0.429. The van der Waals surface area contributed by atoms with Crippen LogP contribution in [0.15, 0.2) is 24.3 Å². The van der Waals surface area contributed by atoms with Crippen LogP contribution in [0.3, 0.4) is 0 Å². The molecule has 8 heteroatoms. The van der Waals surface area contributed by atoms with E-state index in [4.69, 9.17) is 4.74 Å². The monoisotopic (exact) mass is 326 g/mol. The van der Waals surface area contributed by atoms with Crippen molar-refractivity contribution in [2.45, 2.75) is 12.5 Å². The second kappa shape index (κ2) is 6.78. The van der Waals surface area contributed by atoms with E-state index in [1.807, 2.05) is 0 Å². The largest absolute Gasteiger partial charge is 0.484 e. The van der Waals surface area contributed by atoms with Gasteiger partial charge in [-0.15, -0.1) is 0 Å². The van der Waals surface area contributed by atoms with Crippen molar-refractivity contribution in [2.24, 2.45) is 0 Å². The molecule has 7 nitrogen and oxygen atoms in total. The van der Waals surface area contributed by atoms with Crippen LogP contribution in [0.25, 0.3) is 0 Å². The summed E-state index contributed by atoms with van der Waals surface area (Å²) in [5.41, 5.74) is 0.433. The minimum Gasteiger partial charge on any atom is -0.484 e. The van der Waals surface area contributed by atoms with Crippen LogP contribution in [0, 0.1) is 0 Å². The van der Waals surface area contributed by atoms with Crippen LogP contribution in [0.5, 0.6) is 5.75 Å². The molecule has 120 valence electrons. The van der Waals surface area contributed by atoms with Crippen molar-refractivity contribution in [1.82, 2.24) is 10.6 Å². The number of ether oxygens (including phenoxy) is 1. The molecular formula is C14H18N2O5S. The molecule has 22 heavy (non-hydrogen) atoms. The maximum Gasteiger partial charge on any atom is 0.258 e. The van der Waals surface area contributed by atoms with Gasteiger partial charge in [-0.1, -0.05) is 6.07 Å². The van der Waals surface area contributed by atoms with E-state index in [0.717, 1.165) is 0 Å². The maximum absolute atomic E-state index is 11.7. The van der Waals surface area contributed by atoms with Gasteiger partial charge in [-0.2, -0.15) is 0 Å². The van der Waals surface area contributed by atoms with Crippen molar-refractivity contribution in [1.29, 1.82) is 0 Å². The summed E-state index contributed by atoms with van der Waals surface area (Å²) in [5, 5.41) is 5.13. The van der Waals surface area contributed by atoms with Crippen LogP contribution < -0.4 is 15.4 Å². The number of hydrogen-bond donors (Lipinski definition) is 2. The highest BCUT2D eigenvalue weighted by Crippen LogP contribution is 2.14. The number of nitrogens with one attached hydrogen (secondary N) is 2. The molecule has 2 rings (SSSR count). The minimum atomic E-state index is -3.03. The maximum atomic E-state index is 11.7. The second-order valence-corrected chi connectivity index (χ2v) is 7.29. The summed E-state index contributed by atoms with van der Waals surface area (Å²) in [7, 11) is -1.50. The zero-order valence-electron chi connectivity index (χ0n) is 12.2. The highest BCUT2D eigenvalue weighted by Gasteiger charge is 2.28. The molecule has 1 aromatic rings. The fourth-order valence-electron chi connectivity index (χ4n) is 2.20. The number of rotatable bonds is 5. The molecule has 0 aliphatic carbocycles. The lowest BCUT2D eigenvalue weighted by molar-refractivity contribution is -0.123. The van der Waals surface area contributed by atoms with Crippen LogP contribution >= 0.6 is 0 Å². The van der Waals surface area contributed by atoms with Crippen molar-refractivity contribution in [2.75, 3.05) is 25.2 Å². The Morgan fingerprint density at radius 3 is 2.77 bits per heavy atom. The molecule has 1 saturated heterocycles. The van der Waals surface area contributed by atoms with E-state index >= 15 is 0 Å². The third-order valence-corrected chi connectivity index (χ3v) is 5.06. The first-order valence-electron chi connectivity index (χ1n) is 6.84. The molecule has 1 heterocycles. The third-order valence-electron chi connectivity index (χ3n) is 3.29. The minimum absolute atomic E-state index is 0.0229. The Balaban J connectivity index is 1.85. The molecule has 1 unspecified atom stereocenters. The SMILES string of the molecule is CNC(=O)c1cccc(OCC(=O)NC2CCS(=O)(=O)C2)c1. The Bertz CT molecular complexity index is 672. The van der Waals surface area contributed by atoms with E-state index in [0.29, 0.717) is 17.7 Å². The first kappa shape index (κ1) is 16.3. The number of carbonyl (C=O) groups is 2. The summed E-state index contributed by atoms with van der Waals surface area (Å²) in [6.45, 7) is -0.228. The van der Waals surface area contributed by atoms with Crippen LogP contribution in [0.2, 0.25) is 0 Å². The smallest absolute Gasteiger partial charge is 0.258 e. The molecule has 1 aliphatic heterocycles. The van der Waals surface area contributed by atoms with Gasteiger partial charge in [0.25, 0.3) is 11.8 Å². The van der Waals surface area contributed by atoms with Gasteiger partial charge in [0.05, 0.1) is 11.5 Å². The van der Waals surface area contributed by atoms with Gasteiger partial charge in [0.15, 0.2) is 16.4 Å². The Morgan fingerprint density at radius 1 is 1.36 bits per heavy atom. The van der Waals surface area contributed by atoms with Gasteiger partial charge in [0.2, 0.25) is 0 Å². The van der Waals surface area contributed by atoms with Gasteiger partial charge in [-0.05, 0) is 24.6 Å². The average Bonchev–Trinajstić information content (AvgIpc) is 2.83. The normalized spacial score (nSPS) is 19.4. The number of carbonyl (C=O) groups excluding carboxylic acids is 2. The van der Waals surface area contributed by atoms with Gasteiger partial charge < -0.3 is 15.4 Å². The summed E-state index contributed by atoms with van der Waals surface area (Å²) < 4.78 is 27.9. The fourth-order valence-corrected chi connectivity index (χ4v) is 3.87. The molecule has 0 aromatic heterocycles. The predicted octanol–water partition coefficient (Wildman–Crippen LogP) is -0.272. The summed E-state index contributed by atoms with van der Waals surface area (Å²) in [6.07, 6.45) is 0.431. The lowest BCUT2D eigenvalue weighted by atomic mass is 10.2. The van der Waals surface area contributed by atoms with E-state index in [1.165, 1.54) is 13.1 Å². The van der Waals surface area contributed by atoms with Crippen LogP contribution in [0.4, 0.5) is 0 Å². The van der Waals surface area contributed by atoms with Crippen molar-refractivity contribution in [3.05, 3.63) is 29.8 Å². The van der Waals surface area contributed by atoms with E-state index < -0.39 is 9.84 Å². The Labute approximate surface area is 129 Å². The van der Waals surface area contributed by atoms with Gasteiger partial charge in [0, 0.05) is 18.7 Å². The molecule has 1 atom stereocenters. The quantitative estimate of drug-likeness (QED) is 0.775. The van der Waals surface area contributed by atoms with Crippen molar-refractivity contribution in [3.63, 3.8) is 0 Å². The Kier molecular flexibility index (Phi) is 5.02. The molecule has 0 radical (unpaired) electrons. The number of hydrogen-bond acceptors (Lipinski definition) is 5. The van der Waals surface area contributed by atoms with Crippen LogP contribution in [0.1, 0.15) is 16.8 Å². The summed E-state index contributed by atoms with van der Waals surface area (Å²) in [4.78, 5) is 23.2. The summed E-state index contributed by atoms with van der Waals surface area (Å²) in [6, 6.07) is 6.11. The lowest BCUT2D eigenvalue weighted by Crippen LogP contribution is -2.38. The molecule has 1 fully saturated rings. The highest BCUT2D eigenvalue weighted by molar-refractivity contribution is 7.91. The molecule has 2 amide bonds. The van der Waals surface area contributed by atoms with E-state index in [-0.39, 0.29) is 36.0 Å². The molecule has 2 N–H and O–H groups in total. The van der Waals surface area contributed by atoms with E-state index in [9.17, 15) is 18.0 Å². The molecule has 1 aliphatic rings. The molecule has 0 bridgehead atoms. The van der Waals surface area contributed by atoms with Crippen molar-refractivity contribution >= 4 is 21.7 Å². The van der Waals surface area contributed by atoms with Gasteiger partial charge in [0.1, 0.15) is 5.75 Å². The van der Waals surface area contributed by atoms with Crippen molar-refractivity contribution < 1.29 is 22.7 Å². The zero-order valence-corrected chi connectivity index (χ0v) is 13.0. The molecular weight excluding hydrogens is 308 g/mol. The summed E-state index contributed by atoms with van der Waals surface area (Å²) in [5.74, 6) is -0.147. The molecule has 0 spiro atoms. The van der Waals surface area contributed by atoms with E-state index in [2.05, 4.69) is 10.6 Å². The highest BCUT2D eigenvalue weighted by atomic mass is 32.2. The van der Waals surface area contributed by atoms with Crippen LogP contribution in [-0.2, 0) is 14.6 Å².